The van der Waals surface area contributed by atoms with Crippen molar-refractivity contribution in [3.8, 4) is 0 Å². The first-order chi connectivity index (χ1) is 12.2. The Labute approximate surface area is 162 Å². The van der Waals surface area contributed by atoms with Crippen molar-refractivity contribution in [2.45, 2.75) is 16.6 Å². The maximum absolute atomic E-state index is 6.19. The second-order valence-corrected chi connectivity index (χ2v) is 8.48. The van der Waals surface area contributed by atoms with Gasteiger partial charge in [0.05, 0.1) is 22.5 Å². The molecule has 0 N–H and O–H groups in total. The molecule has 126 valence electrons. The highest BCUT2D eigenvalue weighted by molar-refractivity contribution is 8.00. The molecule has 0 aliphatic heterocycles. The largest absolute Gasteiger partial charge is 0.248 e. The first kappa shape index (κ1) is 16.8. The second-order valence-electron chi connectivity index (χ2n) is 5.38. The summed E-state index contributed by atoms with van der Waals surface area (Å²) in [4.78, 5) is 4.60. The number of rotatable bonds is 5. The predicted molar refractivity (Wildman–Crippen MR) is 105 cm³/mol. The fraction of sp³-hybridized carbons (Fsp3) is 0.118. The number of benzene rings is 2. The van der Waals surface area contributed by atoms with Crippen molar-refractivity contribution in [2.24, 2.45) is 0 Å². The summed E-state index contributed by atoms with van der Waals surface area (Å²) in [5.41, 5.74) is 2.87. The molecule has 0 unspecified atom stereocenters. The van der Waals surface area contributed by atoms with Gasteiger partial charge in [0, 0.05) is 22.0 Å². The Morgan fingerprint density at radius 2 is 2.00 bits per heavy atom. The van der Waals surface area contributed by atoms with Crippen LogP contribution in [0.1, 0.15) is 11.3 Å². The normalized spacial score (nSPS) is 11.3. The molecule has 0 fully saturated rings. The van der Waals surface area contributed by atoms with Crippen LogP contribution in [0.25, 0.3) is 10.2 Å². The van der Waals surface area contributed by atoms with E-state index in [1.54, 1.807) is 27.8 Å². The van der Waals surface area contributed by atoms with Gasteiger partial charge in [-0.25, -0.2) is 9.67 Å². The zero-order chi connectivity index (χ0) is 17.2. The topological polar surface area (TPSA) is 43.6 Å². The molecule has 0 saturated carbocycles. The summed E-state index contributed by atoms with van der Waals surface area (Å²) in [7, 11) is 0. The third kappa shape index (κ3) is 3.98. The Bertz CT molecular complexity index is 1030. The maximum atomic E-state index is 6.19. The quantitative estimate of drug-likeness (QED) is 0.408. The van der Waals surface area contributed by atoms with Crippen molar-refractivity contribution < 1.29 is 0 Å². The molecule has 0 radical (unpaired) electrons. The van der Waals surface area contributed by atoms with Gasteiger partial charge < -0.3 is 0 Å². The van der Waals surface area contributed by atoms with Crippen LogP contribution in [0.4, 0.5) is 0 Å². The predicted octanol–water partition coefficient (Wildman–Crippen LogP) is 5.54. The minimum absolute atomic E-state index is 0.608. The van der Waals surface area contributed by atoms with E-state index in [4.69, 9.17) is 23.2 Å². The highest BCUT2D eigenvalue weighted by Crippen LogP contribution is 2.32. The fourth-order valence-electron chi connectivity index (χ4n) is 2.36. The monoisotopic (exact) mass is 406 g/mol. The molecule has 4 aromatic rings. The number of halogens is 2. The van der Waals surface area contributed by atoms with Crippen LogP contribution in [-0.2, 0) is 12.3 Å². The average Bonchev–Trinajstić information content (AvgIpc) is 3.21. The van der Waals surface area contributed by atoms with E-state index in [0.717, 1.165) is 36.6 Å². The van der Waals surface area contributed by atoms with Crippen LogP contribution in [0.2, 0.25) is 10.0 Å². The maximum Gasteiger partial charge on any atom is 0.151 e. The number of aromatic nitrogens is 4. The zero-order valence-electron chi connectivity index (χ0n) is 12.9. The van der Waals surface area contributed by atoms with E-state index >= 15 is 0 Å². The average molecular weight is 407 g/mol. The van der Waals surface area contributed by atoms with E-state index in [2.05, 4.69) is 15.3 Å². The van der Waals surface area contributed by atoms with E-state index in [-0.39, 0.29) is 0 Å². The number of nitrogens with zero attached hydrogens (tertiary/aromatic N) is 4. The number of thioether (sulfide) groups is 1. The van der Waals surface area contributed by atoms with E-state index in [0.29, 0.717) is 11.6 Å². The molecule has 0 amide bonds. The van der Waals surface area contributed by atoms with Gasteiger partial charge >= 0.3 is 0 Å². The molecular weight excluding hydrogens is 395 g/mol. The third-order valence-electron chi connectivity index (χ3n) is 3.55. The van der Waals surface area contributed by atoms with Crippen LogP contribution in [0.3, 0.4) is 0 Å². The van der Waals surface area contributed by atoms with Crippen molar-refractivity contribution >= 4 is 56.5 Å². The Morgan fingerprint density at radius 3 is 2.88 bits per heavy atom. The molecule has 0 aliphatic rings. The lowest BCUT2D eigenvalue weighted by Gasteiger charge is -2.02. The molecule has 0 bridgehead atoms. The van der Waals surface area contributed by atoms with Crippen molar-refractivity contribution in [3.05, 3.63) is 70.0 Å². The summed E-state index contributed by atoms with van der Waals surface area (Å²) in [5, 5.41) is 9.85. The molecule has 2 aromatic carbocycles. The minimum atomic E-state index is 0.608. The van der Waals surface area contributed by atoms with Crippen molar-refractivity contribution in [3.63, 3.8) is 0 Å². The first-order valence-electron chi connectivity index (χ1n) is 7.49. The summed E-state index contributed by atoms with van der Waals surface area (Å²) in [6.07, 6.45) is 1.94. The number of hydrogen-bond donors (Lipinski definition) is 0. The summed E-state index contributed by atoms with van der Waals surface area (Å²) < 4.78 is 3.93. The lowest BCUT2D eigenvalue weighted by molar-refractivity contribution is 0.649. The van der Waals surface area contributed by atoms with Gasteiger partial charge in [0.15, 0.2) is 4.34 Å². The molecule has 4 nitrogen and oxygen atoms in total. The highest BCUT2D eigenvalue weighted by atomic mass is 35.5. The van der Waals surface area contributed by atoms with Gasteiger partial charge in [-0.05, 0) is 29.8 Å². The Hall–Kier alpha value is -1.60. The summed E-state index contributed by atoms with van der Waals surface area (Å²) in [6, 6.07) is 13.5. The first-order valence-corrected chi connectivity index (χ1v) is 10.0. The highest BCUT2D eigenvalue weighted by Gasteiger charge is 2.08. The van der Waals surface area contributed by atoms with Crippen molar-refractivity contribution in [1.29, 1.82) is 0 Å². The molecule has 8 heteroatoms. The van der Waals surface area contributed by atoms with E-state index in [9.17, 15) is 0 Å². The Morgan fingerprint density at radius 1 is 1.12 bits per heavy atom. The van der Waals surface area contributed by atoms with Gasteiger partial charge in [-0.2, -0.15) is 0 Å². The van der Waals surface area contributed by atoms with Crippen LogP contribution in [0.15, 0.2) is 53.0 Å². The zero-order valence-corrected chi connectivity index (χ0v) is 16.0. The molecule has 0 atom stereocenters. The molecule has 25 heavy (non-hydrogen) atoms. The molecule has 2 aromatic heterocycles. The summed E-state index contributed by atoms with van der Waals surface area (Å²) in [5.74, 6) is 0.718. The van der Waals surface area contributed by atoms with Crippen LogP contribution < -0.4 is 0 Å². The molecule has 0 saturated heterocycles. The van der Waals surface area contributed by atoms with Crippen LogP contribution in [0, 0.1) is 0 Å². The molecular formula is C17H12Cl2N4S2. The Kier molecular flexibility index (Phi) is 4.94. The molecule has 0 aliphatic carbocycles. The van der Waals surface area contributed by atoms with Gasteiger partial charge in [-0.3, -0.25) is 0 Å². The lowest BCUT2D eigenvalue weighted by Crippen LogP contribution is -2.00. The van der Waals surface area contributed by atoms with Crippen molar-refractivity contribution in [1.82, 2.24) is 20.0 Å². The van der Waals surface area contributed by atoms with Crippen molar-refractivity contribution in [2.75, 3.05) is 0 Å². The number of hydrogen-bond acceptors (Lipinski definition) is 5. The minimum Gasteiger partial charge on any atom is -0.248 e. The van der Waals surface area contributed by atoms with Gasteiger partial charge in [0.1, 0.15) is 0 Å². The lowest BCUT2D eigenvalue weighted by atomic mass is 10.2. The van der Waals surface area contributed by atoms with Gasteiger partial charge in [-0.1, -0.05) is 58.4 Å². The second kappa shape index (κ2) is 7.33. The summed E-state index contributed by atoms with van der Waals surface area (Å²) in [6.45, 7) is 0.608. The smallest absolute Gasteiger partial charge is 0.151 e. The van der Waals surface area contributed by atoms with Crippen LogP contribution in [-0.4, -0.2) is 20.0 Å². The molecule has 4 rings (SSSR count). The fourth-order valence-corrected chi connectivity index (χ4v) is 4.65. The van der Waals surface area contributed by atoms with Crippen LogP contribution in [0.5, 0.6) is 0 Å². The molecule has 0 spiro atoms. The van der Waals surface area contributed by atoms with Gasteiger partial charge in [0.25, 0.3) is 0 Å². The summed E-state index contributed by atoms with van der Waals surface area (Å²) >= 11 is 15.5. The van der Waals surface area contributed by atoms with E-state index < -0.39 is 0 Å². The van der Waals surface area contributed by atoms with E-state index in [1.807, 2.05) is 48.7 Å². The number of fused-ring (bicyclic) bond motifs is 1. The Balaban J connectivity index is 1.43. The SMILES string of the molecule is Clc1ccc2sc(SCc3cn(Cc4ccccc4Cl)nn3)nc2c1. The number of thiazole rings is 1. The van der Waals surface area contributed by atoms with Gasteiger partial charge in [-0.15, -0.1) is 16.4 Å². The van der Waals surface area contributed by atoms with E-state index in [1.165, 1.54) is 0 Å². The third-order valence-corrected chi connectivity index (χ3v) is 6.37. The van der Waals surface area contributed by atoms with Gasteiger partial charge in [0.2, 0.25) is 0 Å². The standard InChI is InChI=1S/C17H12Cl2N4S2/c18-12-5-6-16-15(7-12)20-17(25-16)24-10-13-9-23(22-21-13)8-11-3-1-2-4-14(11)19/h1-7,9H,8,10H2. The molecule has 2 heterocycles. The van der Waals surface area contributed by atoms with Crippen LogP contribution >= 0.6 is 46.3 Å².